The van der Waals surface area contributed by atoms with E-state index in [1.165, 1.54) is 22.6 Å². The fourth-order valence-corrected chi connectivity index (χ4v) is 5.36. The van der Waals surface area contributed by atoms with E-state index in [0.717, 1.165) is 38.9 Å². The monoisotopic (exact) mass is 340 g/mol. The highest BCUT2D eigenvalue weighted by molar-refractivity contribution is 7.12. The molecular weight excluding hydrogens is 316 g/mol. The summed E-state index contributed by atoms with van der Waals surface area (Å²) in [6, 6.07) is 4.77. The van der Waals surface area contributed by atoms with E-state index in [4.69, 9.17) is 0 Å². The Labute approximate surface area is 142 Å². The molecule has 2 atom stereocenters. The topological polar surface area (TPSA) is 32.3 Å². The lowest BCUT2D eigenvalue weighted by atomic mass is 9.91. The Morgan fingerprint density at radius 3 is 2.82 bits per heavy atom. The van der Waals surface area contributed by atoms with Crippen LogP contribution in [0.2, 0.25) is 0 Å². The maximum atomic E-state index is 13.0. The number of aryl methyl sites for hydroxylation is 1. The van der Waals surface area contributed by atoms with Crippen LogP contribution in [0.15, 0.2) is 12.1 Å². The first-order chi connectivity index (χ1) is 10.2. The van der Waals surface area contributed by atoms with Gasteiger partial charge in [0.2, 0.25) is 5.91 Å². The van der Waals surface area contributed by atoms with Crippen LogP contribution in [0, 0.1) is 18.3 Å². The van der Waals surface area contributed by atoms with Gasteiger partial charge >= 0.3 is 0 Å². The van der Waals surface area contributed by atoms with Crippen LogP contribution >= 0.6 is 23.7 Å². The Morgan fingerprint density at radius 1 is 1.36 bits per heavy atom. The van der Waals surface area contributed by atoms with Crippen molar-refractivity contribution in [3.8, 4) is 0 Å². The predicted octanol–water partition coefficient (Wildman–Crippen LogP) is 3.53. The van der Waals surface area contributed by atoms with Crippen molar-refractivity contribution in [3.05, 3.63) is 21.9 Å². The van der Waals surface area contributed by atoms with Gasteiger partial charge in [0.05, 0.1) is 6.04 Å². The number of carbonyl (C=O) groups is 1. The Hall–Kier alpha value is -0.580. The summed E-state index contributed by atoms with van der Waals surface area (Å²) in [4.78, 5) is 17.9. The van der Waals surface area contributed by atoms with Gasteiger partial charge in [-0.25, -0.2) is 0 Å². The van der Waals surface area contributed by atoms with Crippen molar-refractivity contribution in [2.75, 3.05) is 19.6 Å². The lowest BCUT2D eigenvalue weighted by Crippen LogP contribution is -2.36. The molecule has 0 aromatic carbocycles. The summed E-state index contributed by atoms with van der Waals surface area (Å²) < 4.78 is 0. The van der Waals surface area contributed by atoms with Gasteiger partial charge in [0.15, 0.2) is 0 Å². The number of likely N-dealkylation sites (tertiary alicyclic amines) is 1. The molecule has 4 rings (SSSR count). The fraction of sp³-hybridized carbons (Fsp3) is 0.706. The van der Waals surface area contributed by atoms with E-state index in [-0.39, 0.29) is 12.4 Å². The van der Waals surface area contributed by atoms with Gasteiger partial charge in [0.25, 0.3) is 0 Å². The van der Waals surface area contributed by atoms with Crippen molar-refractivity contribution in [2.24, 2.45) is 11.3 Å². The number of amides is 1. The second-order valence-corrected chi connectivity index (χ2v) is 8.33. The molecule has 1 spiro atoms. The zero-order chi connectivity index (χ0) is 14.4. The molecule has 22 heavy (non-hydrogen) atoms. The minimum atomic E-state index is 0. The Balaban J connectivity index is 0.00000144. The number of hydrogen-bond acceptors (Lipinski definition) is 3. The molecule has 1 N–H and O–H groups in total. The number of piperidine rings is 1. The van der Waals surface area contributed by atoms with Gasteiger partial charge in [-0.15, -0.1) is 23.7 Å². The molecule has 3 aliphatic rings. The second-order valence-electron chi connectivity index (χ2n) is 7.01. The van der Waals surface area contributed by atoms with Gasteiger partial charge < -0.3 is 10.2 Å². The summed E-state index contributed by atoms with van der Waals surface area (Å²) in [6.07, 6.45) is 5.84. The molecule has 1 saturated carbocycles. The van der Waals surface area contributed by atoms with Crippen LogP contribution in [0.4, 0.5) is 0 Å². The first kappa shape index (κ1) is 16.3. The van der Waals surface area contributed by atoms with Crippen molar-refractivity contribution in [2.45, 2.75) is 45.1 Å². The minimum Gasteiger partial charge on any atom is -0.335 e. The van der Waals surface area contributed by atoms with Gasteiger partial charge in [0.1, 0.15) is 0 Å². The largest absolute Gasteiger partial charge is 0.335 e. The molecule has 0 bridgehead atoms. The molecule has 1 aliphatic carbocycles. The van der Waals surface area contributed by atoms with E-state index < -0.39 is 0 Å². The third-order valence-electron chi connectivity index (χ3n) is 5.71. The Kier molecular flexibility index (Phi) is 4.54. The van der Waals surface area contributed by atoms with Crippen molar-refractivity contribution < 1.29 is 4.79 Å². The van der Waals surface area contributed by atoms with Crippen LogP contribution in [-0.2, 0) is 4.79 Å². The first-order valence-electron chi connectivity index (χ1n) is 8.27. The van der Waals surface area contributed by atoms with E-state index in [0.29, 0.717) is 23.3 Å². The van der Waals surface area contributed by atoms with E-state index in [9.17, 15) is 4.79 Å². The Morgan fingerprint density at radius 2 is 2.14 bits per heavy atom. The zero-order valence-corrected chi connectivity index (χ0v) is 14.8. The standard InChI is InChI=1S/C17H24N2OS.ClH/c1-12-4-5-15(21-12)14-3-2-10-19(14)16(20)13-11-17(13)6-8-18-9-7-17;/h4-5,13-14,18H,2-3,6-11H2,1H3;1H. The van der Waals surface area contributed by atoms with Gasteiger partial charge in [-0.3, -0.25) is 4.79 Å². The highest BCUT2D eigenvalue weighted by Crippen LogP contribution is 2.60. The summed E-state index contributed by atoms with van der Waals surface area (Å²) in [5.41, 5.74) is 0.362. The van der Waals surface area contributed by atoms with Crippen LogP contribution in [-0.4, -0.2) is 30.4 Å². The van der Waals surface area contributed by atoms with Crippen LogP contribution in [0.3, 0.4) is 0 Å². The molecule has 1 aromatic heterocycles. The molecule has 122 valence electrons. The molecule has 3 heterocycles. The fourth-order valence-electron chi connectivity index (χ4n) is 4.33. The molecule has 2 unspecified atom stereocenters. The highest BCUT2D eigenvalue weighted by Gasteiger charge is 2.59. The van der Waals surface area contributed by atoms with Crippen molar-refractivity contribution in [1.29, 1.82) is 0 Å². The quantitative estimate of drug-likeness (QED) is 0.893. The van der Waals surface area contributed by atoms with E-state index in [1.54, 1.807) is 0 Å². The average molecular weight is 341 g/mol. The van der Waals surface area contributed by atoms with E-state index >= 15 is 0 Å². The number of thiophene rings is 1. The molecule has 5 heteroatoms. The highest BCUT2D eigenvalue weighted by atomic mass is 35.5. The molecule has 3 nitrogen and oxygen atoms in total. The van der Waals surface area contributed by atoms with Crippen LogP contribution < -0.4 is 5.32 Å². The lowest BCUT2D eigenvalue weighted by molar-refractivity contribution is -0.134. The third kappa shape index (κ3) is 2.70. The third-order valence-corrected chi connectivity index (χ3v) is 6.81. The molecule has 2 saturated heterocycles. The maximum Gasteiger partial charge on any atom is 0.226 e. The van der Waals surface area contributed by atoms with Gasteiger partial charge in [0, 0.05) is 22.2 Å². The normalized spacial score (nSPS) is 29.4. The smallest absolute Gasteiger partial charge is 0.226 e. The molecule has 2 aliphatic heterocycles. The van der Waals surface area contributed by atoms with Crippen molar-refractivity contribution >= 4 is 29.7 Å². The summed E-state index contributed by atoms with van der Waals surface area (Å²) in [6.45, 7) is 5.31. The SMILES string of the molecule is Cc1ccc(C2CCCN2C(=O)C2CC23CCNCC3)s1.Cl. The zero-order valence-electron chi connectivity index (χ0n) is 13.1. The average Bonchev–Trinajstić information content (AvgIpc) is 2.87. The first-order valence-corrected chi connectivity index (χ1v) is 9.09. The van der Waals surface area contributed by atoms with Crippen molar-refractivity contribution in [3.63, 3.8) is 0 Å². The van der Waals surface area contributed by atoms with Crippen molar-refractivity contribution in [1.82, 2.24) is 10.2 Å². The summed E-state index contributed by atoms with van der Waals surface area (Å²) in [5.74, 6) is 0.770. The summed E-state index contributed by atoms with van der Waals surface area (Å²) >= 11 is 1.86. The lowest BCUT2D eigenvalue weighted by Gasteiger charge is -2.28. The van der Waals surface area contributed by atoms with Gasteiger partial charge in [-0.2, -0.15) is 0 Å². The number of nitrogens with zero attached hydrogens (tertiary/aromatic N) is 1. The number of nitrogens with one attached hydrogen (secondary N) is 1. The number of hydrogen-bond donors (Lipinski definition) is 1. The van der Waals surface area contributed by atoms with Gasteiger partial charge in [-0.1, -0.05) is 0 Å². The molecule has 1 aromatic rings. The van der Waals surface area contributed by atoms with Crippen LogP contribution in [0.1, 0.15) is 47.9 Å². The molecule has 1 amide bonds. The number of carbonyl (C=O) groups excluding carboxylic acids is 1. The number of rotatable bonds is 2. The minimum absolute atomic E-state index is 0. The van der Waals surface area contributed by atoms with E-state index in [2.05, 4.69) is 29.3 Å². The summed E-state index contributed by atoms with van der Waals surface area (Å²) in [5, 5.41) is 3.42. The Bertz CT molecular complexity index is 553. The van der Waals surface area contributed by atoms with Gasteiger partial charge in [-0.05, 0) is 69.7 Å². The molecule has 3 fully saturated rings. The summed E-state index contributed by atoms with van der Waals surface area (Å²) in [7, 11) is 0. The second kappa shape index (κ2) is 6.14. The van der Waals surface area contributed by atoms with Crippen LogP contribution in [0.5, 0.6) is 0 Å². The number of halogens is 1. The maximum absolute atomic E-state index is 13.0. The van der Waals surface area contributed by atoms with Crippen LogP contribution in [0.25, 0.3) is 0 Å². The van der Waals surface area contributed by atoms with E-state index in [1.807, 2.05) is 11.3 Å². The predicted molar refractivity (Wildman–Crippen MR) is 92.6 cm³/mol. The molecule has 0 radical (unpaired) electrons. The molecular formula is C17H25ClN2OS.